The molecular formula is C13H16O4S. The maximum absolute atomic E-state index is 12.1. The fourth-order valence-corrected chi connectivity index (χ4v) is 3.03. The van der Waals surface area contributed by atoms with Gasteiger partial charge in [0.2, 0.25) is 0 Å². The van der Waals surface area contributed by atoms with Gasteiger partial charge in [0.1, 0.15) is 0 Å². The van der Waals surface area contributed by atoms with Gasteiger partial charge in [-0.25, -0.2) is 13.2 Å². The molecule has 0 spiro atoms. The lowest BCUT2D eigenvalue weighted by Crippen LogP contribution is -2.09. The van der Waals surface area contributed by atoms with Gasteiger partial charge in [0.25, 0.3) is 0 Å². The number of benzene rings is 1. The smallest absolute Gasteiger partial charge is 0.335 e. The SMILES string of the molecule is CC(C)=CCS(=O)(=O)c1cc(C(=O)O)ccc1C. The molecule has 0 amide bonds. The molecule has 0 saturated heterocycles. The zero-order valence-electron chi connectivity index (χ0n) is 10.6. The summed E-state index contributed by atoms with van der Waals surface area (Å²) in [4.78, 5) is 10.9. The highest BCUT2D eigenvalue weighted by atomic mass is 32.2. The lowest BCUT2D eigenvalue weighted by Gasteiger charge is -2.07. The molecule has 0 bridgehead atoms. The minimum Gasteiger partial charge on any atom is -0.478 e. The molecule has 0 aliphatic heterocycles. The van der Waals surface area contributed by atoms with Crippen molar-refractivity contribution in [2.45, 2.75) is 25.7 Å². The first-order chi connectivity index (χ1) is 8.24. The fourth-order valence-electron chi connectivity index (χ4n) is 1.43. The zero-order valence-corrected chi connectivity index (χ0v) is 11.4. The minimum atomic E-state index is -3.48. The van der Waals surface area contributed by atoms with Crippen LogP contribution in [0.25, 0.3) is 0 Å². The average Bonchev–Trinajstić information content (AvgIpc) is 2.26. The molecule has 1 rings (SSSR count). The minimum absolute atomic E-state index is 0.0172. The Kier molecular flexibility index (Phi) is 4.29. The van der Waals surface area contributed by atoms with E-state index in [2.05, 4.69) is 0 Å². The van der Waals surface area contributed by atoms with Crippen LogP contribution in [0.2, 0.25) is 0 Å². The van der Waals surface area contributed by atoms with Crippen LogP contribution in [0.15, 0.2) is 34.7 Å². The van der Waals surface area contributed by atoms with Crippen molar-refractivity contribution in [1.29, 1.82) is 0 Å². The molecule has 0 saturated carbocycles. The highest BCUT2D eigenvalue weighted by Crippen LogP contribution is 2.19. The van der Waals surface area contributed by atoms with E-state index in [-0.39, 0.29) is 16.2 Å². The number of hydrogen-bond acceptors (Lipinski definition) is 3. The molecule has 1 N–H and O–H groups in total. The highest BCUT2D eigenvalue weighted by molar-refractivity contribution is 7.91. The Morgan fingerprint density at radius 2 is 1.94 bits per heavy atom. The van der Waals surface area contributed by atoms with Crippen molar-refractivity contribution < 1.29 is 18.3 Å². The zero-order chi connectivity index (χ0) is 13.9. The van der Waals surface area contributed by atoms with Gasteiger partial charge in [0.05, 0.1) is 16.2 Å². The Bertz CT molecular complexity index is 593. The molecule has 0 heterocycles. The van der Waals surface area contributed by atoms with E-state index in [0.717, 1.165) is 5.57 Å². The van der Waals surface area contributed by atoms with Gasteiger partial charge in [-0.1, -0.05) is 17.7 Å². The molecule has 18 heavy (non-hydrogen) atoms. The van der Waals surface area contributed by atoms with Crippen LogP contribution in [0.3, 0.4) is 0 Å². The third kappa shape index (κ3) is 3.43. The molecular weight excluding hydrogens is 252 g/mol. The Balaban J connectivity index is 3.27. The van der Waals surface area contributed by atoms with Gasteiger partial charge in [0.15, 0.2) is 9.84 Å². The monoisotopic (exact) mass is 268 g/mol. The Morgan fingerprint density at radius 3 is 2.44 bits per heavy atom. The number of carboxylic acid groups (broad SMARTS) is 1. The molecule has 0 fully saturated rings. The predicted octanol–water partition coefficient (Wildman–Crippen LogP) is 2.43. The summed E-state index contributed by atoms with van der Waals surface area (Å²) in [6.07, 6.45) is 1.61. The normalized spacial score (nSPS) is 11.1. The molecule has 98 valence electrons. The van der Waals surface area contributed by atoms with Crippen molar-refractivity contribution >= 4 is 15.8 Å². The van der Waals surface area contributed by atoms with Crippen LogP contribution in [0.5, 0.6) is 0 Å². The molecule has 0 unspecified atom stereocenters. The Morgan fingerprint density at radius 1 is 1.33 bits per heavy atom. The summed E-state index contributed by atoms with van der Waals surface area (Å²) in [5.41, 5.74) is 1.45. The van der Waals surface area contributed by atoms with E-state index in [1.54, 1.807) is 13.0 Å². The van der Waals surface area contributed by atoms with Crippen LogP contribution in [-0.4, -0.2) is 25.2 Å². The summed E-state index contributed by atoms with van der Waals surface area (Å²) in [5, 5.41) is 8.88. The van der Waals surface area contributed by atoms with Crippen molar-refractivity contribution in [2.75, 3.05) is 5.75 Å². The van der Waals surface area contributed by atoms with Crippen molar-refractivity contribution in [1.82, 2.24) is 0 Å². The Hall–Kier alpha value is -1.62. The second-order valence-corrected chi connectivity index (χ2v) is 6.35. The summed E-state index contributed by atoms with van der Waals surface area (Å²) >= 11 is 0. The first-order valence-corrected chi connectivity index (χ1v) is 7.09. The summed E-state index contributed by atoms with van der Waals surface area (Å²) in [5.74, 6) is -1.24. The molecule has 0 aliphatic carbocycles. The van der Waals surface area contributed by atoms with Gasteiger partial charge in [-0.2, -0.15) is 0 Å². The molecule has 1 aromatic carbocycles. The lowest BCUT2D eigenvalue weighted by atomic mass is 10.1. The van der Waals surface area contributed by atoms with Crippen LogP contribution in [-0.2, 0) is 9.84 Å². The molecule has 4 nitrogen and oxygen atoms in total. The number of aromatic carboxylic acids is 1. The van der Waals surface area contributed by atoms with E-state index in [0.29, 0.717) is 5.56 Å². The molecule has 0 aromatic heterocycles. The van der Waals surface area contributed by atoms with E-state index in [9.17, 15) is 13.2 Å². The maximum Gasteiger partial charge on any atom is 0.335 e. The molecule has 0 radical (unpaired) electrons. The second kappa shape index (κ2) is 5.35. The van der Waals surface area contributed by atoms with Crippen LogP contribution in [0, 0.1) is 6.92 Å². The maximum atomic E-state index is 12.1. The van der Waals surface area contributed by atoms with Crippen LogP contribution in [0.4, 0.5) is 0 Å². The van der Waals surface area contributed by atoms with E-state index in [4.69, 9.17) is 5.11 Å². The van der Waals surface area contributed by atoms with Crippen molar-refractivity contribution in [2.24, 2.45) is 0 Å². The van der Waals surface area contributed by atoms with Crippen LogP contribution >= 0.6 is 0 Å². The summed E-state index contributed by atoms with van der Waals surface area (Å²) in [6.45, 7) is 5.28. The average molecular weight is 268 g/mol. The lowest BCUT2D eigenvalue weighted by molar-refractivity contribution is 0.0696. The topological polar surface area (TPSA) is 71.4 Å². The standard InChI is InChI=1S/C13H16O4S/c1-9(2)6-7-18(16,17)12-8-11(13(14)15)5-4-10(12)3/h4-6,8H,7H2,1-3H3,(H,14,15). The summed E-state index contributed by atoms with van der Waals surface area (Å²) in [7, 11) is -3.48. The molecule has 0 atom stereocenters. The third-order valence-corrected chi connectivity index (χ3v) is 4.20. The van der Waals surface area contributed by atoms with Crippen molar-refractivity contribution in [3.8, 4) is 0 Å². The fraction of sp³-hybridized carbons (Fsp3) is 0.308. The predicted molar refractivity (Wildman–Crippen MR) is 69.6 cm³/mol. The number of hydrogen-bond donors (Lipinski definition) is 1. The van der Waals surface area contributed by atoms with Crippen molar-refractivity contribution in [3.63, 3.8) is 0 Å². The van der Waals surface area contributed by atoms with E-state index in [1.165, 1.54) is 18.2 Å². The summed E-state index contributed by atoms with van der Waals surface area (Å²) < 4.78 is 24.2. The van der Waals surface area contributed by atoms with Crippen LogP contribution in [0.1, 0.15) is 29.8 Å². The van der Waals surface area contributed by atoms with Crippen molar-refractivity contribution in [3.05, 3.63) is 41.0 Å². The van der Waals surface area contributed by atoms with Gasteiger partial charge in [0, 0.05) is 0 Å². The number of carbonyl (C=O) groups is 1. The van der Waals surface area contributed by atoms with E-state index in [1.807, 2.05) is 13.8 Å². The van der Waals surface area contributed by atoms with Crippen LogP contribution < -0.4 is 0 Å². The largest absolute Gasteiger partial charge is 0.478 e. The molecule has 1 aromatic rings. The van der Waals surface area contributed by atoms with Gasteiger partial charge in [-0.15, -0.1) is 0 Å². The number of allylic oxidation sites excluding steroid dienone is 1. The first-order valence-electron chi connectivity index (χ1n) is 5.44. The summed E-state index contributed by atoms with van der Waals surface area (Å²) in [6, 6.07) is 4.13. The van der Waals surface area contributed by atoms with E-state index < -0.39 is 15.8 Å². The van der Waals surface area contributed by atoms with Gasteiger partial charge < -0.3 is 5.11 Å². The van der Waals surface area contributed by atoms with Gasteiger partial charge in [-0.3, -0.25) is 0 Å². The number of sulfone groups is 1. The number of rotatable bonds is 4. The molecule has 0 aliphatic rings. The first kappa shape index (κ1) is 14.4. The Labute approximate surface area is 107 Å². The number of carboxylic acids is 1. The molecule has 5 heteroatoms. The third-order valence-electron chi connectivity index (χ3n) is 2.48. The van der Waals surface area contributed by atoms with E-state index >= 15 is 0 Å². The quantitative estimate of drug-likeness (QED) is 0.851. The van der Waals surface area contributed by atoms with Gasteiger partial charge in [-0.05, 0) is 38.5 Å². The second-order valence-electron chi connectivity index (χ2n) is 4.35. The van der Waals surface area contributed by atoms with Gasteiger partial charge >= 0.3 is 5.97 Å². The number of aryl methyl sites for hydroxylation is 1. The highest BCUT2D eigenvalue weighted by Gasteiger charge is 2.17.